The molecule has 0 spiro atoms. The van der Waals surface area contributed by atoms with Crippen LogP contribution in [0.2, 0.25) is 0 Å². The maximum absolute atomic E-state index is 10.5. The number of carbonyl (C=O) groups excluding carboxylic acids is 1. The van der Waals surface area contributed by atoms with E-state index in [4.69, 9.17) is 0 Å². The summed E-state index contributed by atoms with van der Waals surface area (Å²) < 4.78 is 1.87. The van der Waals surface area contributed by atoms with Crippen molar-refractivity contribution in [1.29, 1.82) is 0 Å². The number of hydrogen-bond donors (Lipinski definition) is 0. The van der Waals surface area contributed by atoms with E-state index in [0.717, 1.165) is 16.9 Å². The van der Waals surface area contributed by atoms with E-state index >= 15 is 0 Å². The highest BCUT2D eigenvalue weighted by Crippen LogP contribution is 2.24. The van der Waals surface area contributed by atoms with Gasteiger partial charge < -0.3 is 0 Å². The van der Waals surface area contributed by atoms with Gasteiger partial charge in [-0.1, -0.05) is 0 Å². The zero-order chi connectivity index (χ0) is 10.8. The van der Waals surface area contributed by atoms with Gasteiger partial charge in [-0.05, 0) is 13.8 Å². The maximum atomic E-state index is 10.5. The van der Waals surface area contributed by atoms with Crippen LogP contribution >= 0.6 is 11.3 Å². The zero-order valence-corrected chi connectivity index (χ0v) is 9.36. The summed E-state index contributed by atoms with van der Waals surface area (Å²) in [5, 5.41) is 5.06. The summed E-state index contributed by atoms with van der Waals surface area (Å²) in [4.78, 5) is 15.3. The largest absolute Gasteiger partial charge is 0.297 e. The molecule has 2 aromatic rings. The smallest absolute Gasteiger partial charge is 0.161 e. The predicted molar refractivity (Wildman–Crippen MR) is 59.1 cm³/mol. The van der Waals surface area contributed by atoms with Crippen molar-refractivity contribution in [2.24, 2.45) is 0 Å². The van der Waals surface area contributed by atoms with E-state index in [1.165, 1.54) is 11.3 Å². The Hall–Kier alpha value is -1.49. The highest BCUT2D eigenvalue weighted by Gasteiger charge is 2.07. The van der Waals surface area contributed by atoms with Crippen LogP contribution in [-0.2, 0) is 0 Å². The monoisotopic (exact) mass is 221 g/mol. The highest BCUT2D eigenvalue weighted by molar-refractivity contribution is 7.16. The van der Waals surface area contributed by atoms with E-state index in [1.54, 1.807) is 12.4 Å². The van der Waals surface area contributed by atoms with Gasteiger partial charge in [0.2, 0.25) is 0 Å². The Morgan fingerprint density at radius 1 is 1.47 bits per heavy atom. The molecule has 2 rings (SSSR count). The third-order valence-corrected chi connectivity index (χ3v) is 2.99. The van der Waals surface area contributed by atoms with Crippen LogP contribution < -0.4 is 0 Å². The number of aromatic nitrogens is 3. The molecule has 4 nitrogen and oxygen atoms in total. The summed E-state index contributed by atoms with van der Waals surface area (Å²) in [5.74, 6) is 0. The first-order valence-electron chi connectivity index (χ1n) is 4.66. The Morgan fingerprint density at radius 2 is 2.27 bits per heavy atom. The second-order valence-electron chi connectivity index (χ2n) is 3.49. The third-order valence-electron chi connectivity index (χ3n) is 2.02. The lowest BCUT2D eigenvalue weighted by Gasteiger charge is -2.02. The number of carbonyl (C=O) groups is 1. The molecule has 0 fully saturated rings. The van der Waals surface area contributed by atoms with Crippen LogP contribution in [0.15, 0.2) is 18.6 Å². The lowest BCUT2D eigenvalue weighted by Crippen LogP contribution is -1.99. The average molecular weight is 221 g/mol. The molecule has 0 aromatic carbocycles. The van der Waals surface area contributed by atoms with E-state index in [9.17, 15) is 4.79 Å². The molecule has 15 heavy (non-hydrogen) atoms. The second kappa shape index (κ2) is 3.94. The molecular formula is C10H11N3OS. The molecule has 2 heterocycles. The molecule has 0 saturated carbocycles. The van der Waals surface area contributed by atoms with Gasteiger partial charge in [0, 0.05) is 24.0 Å². The van der Waals surface area contributed by atoms with Gasteiger partial charge in [-0.2, -0.15) is 5.10 Å². The zero-order valence-electron chi connectivity index (χ0n) is 8.54. The molecule has 0 aliphatic rings. The van der Waals surface area contributed by atoms with Crippen molar-refractivity contribution < 1.29 is 4.79 Å². The second-order valence-corrected chi connectivity index (χ2v) is 4.55. The van der Waals surface area contributed by atoms with Gasteiger partial charge in [-0.3, -0.25) is 9.48 Å². The first kappa shape index (κ1) is 10.0. The van der Waals surface area contributed by atoms with E-state index in [-0.39, 0.29) is 0 Å². The fourth-order valence-corrected chi connectivity index (χ4v) is 1.91. The minimum Gasteiger partial charge on any atom is -0.297 e. The number of thiazole rings is 1. The van der Waals surface area contributed by atoms with Gasteiger partial charge in [0.25, 0.3) is 0 Å². The lowest BCUT2D eigenvalue weighted by atomic mass is 10.4. The summed E-state index contributed by atoms with van der Waals surface area (Å²) in [6, 6.07) is 0.337. The average Bonchev–Trinajstić information content (AvgIpc) is 2.86. The summed E-state index contributed by atoms with van der Waals surface area (Å²) >= 11 is 1.38. The highest BCUT2D eigenvalue weighted by atomic mass is 32.1. The molecule has 0 bridgehead atoms. The molecular weight excluding hydrogens is 210 g/mol. The number of aldehydes is 1. The summed E-state index contributed by atoms with van der Waals surface area (Å²) in [5.41, 5.74) is 0.960. The van der Waals surface area contributed by atoms with E-state index in [0.29, 0.717) is 10.9 Å². The topological polar surface area (TPSA) is 47.8 Å². The predicted octanol–water partition coefficient (Wildman–Crippen LogP) is 2.40. The summed E-state index contributed by atoms with van der Waals surface area (Å²) in [6.45, 7) is 4.13. The number of nitrogens with zero attached hydrogens (tertiary/aromatic N) is 3. The Bertz CT molecular complexity index is 472. The molecule has 0 saturated heterocycles. The van der Waals surface area contributed by atoms with Gasteiger partial charge in [0.15, 0.2) is 6.29 Å². The molecule has 78 valence electrons. The fraction of sp³-hybridized carbons (Fsp3) is 0.300. The fourth-order valence-electron chi connectivity index (χ4n) is 1.21. The molecule has 0 amide bonds. The summed E-state index contributed by atoms with van der Waals surface area (Å²) in [6.07, 6.45) is 6.11. The minimum atomic E-state index is 0.337. The first-order valence-corrected chi connectivity index (χ1v) is 5.48. The van der Waals surface area contributed by atoms with Gasteiger partial charge in [0.1, 0.15) is 5.01 Å². The SMILES string of the molecule is CC(C)n1cc(-c2ncc(C=O)s2)cn1. The number of rotatable bonds is 3. The van der Waals surface area contributed by atoms with Crippen LogP contribution in [0.1, 0.15) is 29.6 Å². The van der Waals surface area contributed by atoms with E-state index < -0.39 is 0 Å². The van der Waals surface area contributed by atoms with E-state index in [1.807, 2.05) is 10.9 Å². The molecule has 0 aliphatic carbocycles. The van der Waals surface area contributed by atoms with Crippen molar-refractivity contribution in [2.45, 2.75) is 19.9 Å². The molecule has 0 unspecified atom stereocenters. The van der Waals surface area contributed by atoms with Crippen LogP contribution in [0.3, 0.4) is 0 Å². The van der Waals surface area contributed by atoms with Crippen molar-refractivity contribution in [2.75, 3.05) is 0 Å². The van der Waals surface area contributed by atoms with Crippen LogP contribution in [0.5, 0.6) is 0 Å². The van der Waals surface area contributed by atoms with Gasteiger partial charge >= 0.3 is 0 Å². The Morgan fingerprint density at radius 3 is 2.80 bits per heavy atom. The minimum absolute atomic E-state index is 0.337. The van der Waals surface area contributed by atoms with E-state index in [2.05, 4.69) is 23.9 Å². The Balaban J connectivity index is 2.32. The standard InChI is InChI=1S/C10H11N3OS/c1-7(2)13-5-8(3-12-13)10-11-4-9(6-14)15-10/h3-7H,1-2H3. The molecule has 5 heteroatoms. The molecule has 0 radical (unpaired) electrons. The van der Waals surface area contributed by atoms with Gasteiger partial charge in [0.05, 0.1) is 11.1 Å². The molecule has 0 N–H and O–H groups in total. The molecule has 0 atom stereocenters. The number of hydrogen-bond acceptors (Lipinski definition) is 4. The van der Waals surface area contributed by atoms with Gasteiger partial charge in [-0.25, -0.2) is 4.98 Å². The summed E-state index contributed by atoms with van der Waals surface area (Å²) in [7, 11) is 0. The Labute approximate surface area is 91.6 Å². The normalized spacial score (nSPS) is 10.9. The van der Waals surface area contributed by atoms with Crippen LogP contribution in [0.4, 0.5) is 0 Å². The third kappa shape index (κ3) is 1.97. The molecule has 0 aliphatic heterocycles. The van der Waals surface area contributed by atoms with Gasteiger partial charge in [-0.15, -0.1) is 11.3 Å². The van der Waals surface area contributed by atoms with Crippen molar-refractivity contribution in [3.8, 4) is 10.6 Å². The van der Waals surface area contributed by atoms with Crippen LogP contribution in [-0.4, -0.2) is 21.1 Å². The quantitative estimate of drug-likeness (QED) is 0.748. The van der Waals surface area contributed by atoms with Crippen LogP contribution in [0.25, 0.3) is 10.6 Å². The van der Waals surface area contributed by atoms with Crippen molar-refractivity contribution in [3.05, 3.63) is 23.5 Å². The van der Waals surface area contributed by atoms with Crippen LogP contribution in [0, 0.1) is 0 Å². The maximum Gasteiger partial charge on any atom is 0.161 e. The Kier molecular flexibility index (Phi) is 2.64. The first-order chi connectivity index (χ1) is 7.20. The molecule has 2 aromatic heterocycles. The lowest BCUT2D eigenvalue weighted by molar-refractivity contribution is 0.112. The van der Waals surface area contributed by atoms with Crippen molar-refractivity contribution in [1.82, 2.24) is 14.8 Å². The van der Waals surface area contributed by atoms with Crippen molar-refractivity contribution >= 4 is 17.6 Å². The van der Waals surface area contributed by atoms with Crippen molar-refractivity contribution in [3.63, 3.8) is 0 Å².